The largest absolute Gasteiger partial charge is 0.380 e. The van der Waals surface area contributed by atoms with Gasteiger partial charge in [0, 0.05) is 13.2 Å². The summed E-state index contributed by atoms with van der Waals surface area (Å²) in [5, 5.41) is 3.56. The molecule has 0 aromatic carbocycles. The van der Waals surface area contributed by atoms with E-state index in [2.05, 4.69) is 26.1 Å². The minimum atomic E-state index is 0.442. The van der Waals surface area contributed by atoms with Gasteiger partial charge in [0.1, 0.15) is 0 Å². The molecule has 0 aromatic rings. The molecule has 14 heavy (non-hydrogen) atoms. The van der Waals surface area contributed by atoms with Crippen LogP contribution in [0.3, 0.4) is 0 Å². The van der Waals surface area contributed by atoms with Crippen LogP contribution in [0.1, 0.15) is 40.0 Å². The lowest BCUT2D eigenvalue weighted by Crippen LogP contribution is -2.43. The van der Waals surface area contributed by atoms with E-state index in [0.717, 1.165) is 18.4 Å². The summed E-state index contributed by atoms with van der Waals surface area (Å²) >= 11 is 0. The molecule has 2 unspecified atom stereocenters. The summed E-state index contributed by atoms with van der Waals surface area (Å²) in [4.78, 5) is 0. The molecule has 0 heterocycles. The highest BCUT2D eigenvalue weighted by atomic mass is 16.5. The zero-order valence-electron chi connectivity index (χ0n) is 10.0. The predicted octanol–water partition coefficient (Wildman–Crippen LogP) is 2.44. The smallest absolute Gasteiger partial charge is 0.0752 e. The molecule has 1 rings (SSSR count). The molecule has 1 saturated carbocycles. The first-order chi connectivity index (χ1) is 6.69. The first-order valence-corrected chi connectivity index (χ1v) is 5.95. The molecule has 0 saturated heterocycles. The summed E-state index contributed by atoms with van der Waals surface area (Å²) < 4.78 is 5.63. The van der Waals surface area contributed by atoms with Crippen LogP contribution in [0.25, 0.3) is 0 Å². The van der Waals surface area contributed by atoms with Gasteiger partial charge >= 0.3 is 0 Å². The van der Waals surface area contributed by atoms with Gasteiger partial charge in [0.2, 0.25) is 0 Å². The highest BCUT2D eigenvalue weighted by Crippen LogP contribution is 2.36. The molecule has 1 aliphatic rings. The summed E-state index contributed by atoms with van der Waals surface area (Å²) in [6, 6.07) is 0.553. The van der Waals surface area contributed by atoms with Gasteiger partial charge < -0.3 is 10.1 Å². The maximum atomic E-state index is 5.63. The van der Waals surface area contributed by atoms with Gasteiger partial charge in [-0.1, -0.05) is 20.8 Å². The molecule has 1 aliphatic carbocycles. The number of likely N-dealkylation sites (N-methyl/N-ethyl adjacent to an activating group) is 1. The molecule has 84 valence electrons. The van der Waals surface area contributed by atoms with E-state index in [1.807, 2.05) is 7.11 Å². The van der Waals surface area contributed by atoms with Crippen molar-refractivity contribution in [3.8, 4) is 0 Å². The Balaban J connectivity index is 2.44. The molecule has 2 atom stereocenters. The van der Waals surface area contributed by atoms with Crippen LogP contribution in [0.4, 0.5) is 0 Å². The van der Waals surface area contributed by atoms with Crippen LogP contribution < -0.4 is 5.32 Å². The van der Waals surface area contributed by atoms with Crippen LogP contribution in [-0.4, -0.2) is 25.8 Å². The van der Waals surface area contributed by atoms with E-state index in [-0.39, 0.29) is 0 Å². The van der Waals surface area contributed by atoms with Crippen LogP contribution >= 0.6 is 0 Å². The fraction of sp³-hybridized carbons (Fsp3) is 1.00. The normalized spacial score (nSPS) is 21.2. The van der Waals surface area contributed by atoms with Gasteiger partial charge in [-0.15, -0.1) is 0 Å². The van der Waals surface area contributed by atoms with Crippen LogP contribution in [-0.2, 0) is 4.74 Å². The molecule has 1 N–H and O–H groups in total. The number of methoxy groups -OCH3 is 1. The second-order valence-corrected chi connectivity index (χ2v) is 4.83. The van der Waals surface area contributed by atoms with Gasteiger partial charge in [-0.3, -0.25) is 0 Å². The fourth-order valence-electron chi connectivity index (χ4n) is 2.21. The highest BCUT2D eigenvalue weighted by Gasteiger charge is 2.36. The van der Waals surface area contributed by atoms with Crippen molar-refractivity contribution in [1.29, 1.82) is 0 Å². The van der Waals surface area contributed by atoms with E-state index >= 15 is 0 Å². The average Bonchev–Trinajstić information content (AvgIpc) is 2.89. The van der Waals surface area contributed by atoms with E-state index in [1.54, 1.807) is 0 Å². The van der Waals surface area contributed by atoms with Crippen molar-refractivity contribution in [2.24, 2.45) is 11.8 Å². The van der Waals surface area contributed by atoms with Crippen molar-refractivity contribution < 1.29 is 4.74 Å². The predicted molar refractivity (Wildman–Crippen MR) is 60.4 cm³/mol. The lowest BCUT2D eigenvalue weighted by atomic mass is 9.96. The first kappa shape index (κ1) is 12.0. The Labute approximate surface area is 88.4 Å². The quantitative estimate of drug-likeness (QED) is 0.680. The number of rotatable bonds is 7. The van der Waals surface area contributed by atoms with E-state index in [0.29, 0.717) is 12.1 Å². The Kier molecular flexibility index (Phi) is 4.90. The van der Waals surface area contributed by atoms with Crippen molar-refractivity contribution in [3.63, 3.8) is 0 Å². The second kappa shape index (κ2) is 5.72. The van der Waals surface area contributed by atoms with Crippen molar-refractivity contribution >= 4 is 0 Å². The third-order valence-corrected chi connectivity index (χ3v) is 2.95. The van der Waals surface area contributed by atoms with Gasteiger partial charge in [0.05, 0.1) is 6.10 Å². The third-order valence-electron chi connectivity index (χ3n) is 2.95. The molecule has 1 fully saturated rings. The SMILES string of the molecule is CCNC(CC(C)C)C(OC)C1CC1. The maximum Gasteiger partial charge on any atom is 0.0752 e. The Bertz CT molecular complexity index is 154. The number of hydrogen-bond acceptors (Lipinski definition) is 2. The van der Waals surface area contributed by atoms with E-state index in [9.17, 15) is 0 Å². The van der Waals surface area contributed by atoms with Crippen LogP contribution in [0, 0.1) is 11.8 Å². The standard InChI is InChI=1S/C12H25NO/c1-5-13-11(8-9(2)3)12(14-4)10-6-7-10/h9-13H,5-8H2,1-4H3. The fourth-order valence-corrected chi connectivity index (χ4v) is 2.21. The number of hydrogen-bond donors (Lipinski definition) is 1. The molecule has 2 heteroatoms. The Morgan fingerprint density at radius 3 is 2.36 bits per heavy atom. The Morgan fingerprint density at radius 2 is 2.00 bits per heavy atom. The molecule has 0 spiro atoms. The van der Waals surface area contributed by atoms with Gasteiger partial charge in [-0.05, 0) is 37.6 Å². The van der Waals surface area contributed by atoms with Gasteiger partial charge in [-0.2, -0.15) is 0 Å². The minimum absolute atomic E-state index is 0.442. The number of ether oxygens (including phenoxy) is 1. The monoisotopic (exact) mass is 199 g/mol. The van der Waals surface area contributed by atoms with E-state index < -0.39 is 0 Å². The van der Waals surface area contributed by atoms with Gasteiger partial charge in [0.15, 0.2) is 0 Å². The Morgan fingerprint density at radius 1 is 1.36 bits per heavy atom. The molecule has 0 amide bonds. The highest BCUT2D eigenvalue weighted by molar-refractivity contribution is 4.90. The van der Waals surface area contributed by atoms with E-state index in [1.165, 1.54) is 19.3 Å². The zero-order valence-corrected chi connectivity index (χ0v) is 10.0. The number of nitrogens with one attached hydrogen (secondary N) is 1. The molecule has 0 aliphatic heterocycles. The minimum Gasteiger partial charge on any atom is -0.380 e. The molecule has 0 radical (unpaired) electrons. The van der Waals surface area contributed by atoms with Gasteiger partial charge in [-0.25, -0.2) is 0 Å². The maximum absolute atomic E-state index is 5.63. The molecule has 0 bridgehead atoms. The lowest BCUT2D eigenvalue weighted by Gasteiger charge is -2.28. The summed E-state index contributed by atoms with van der Waals surface area (Å²) in [5.74, 6) is 1.57. The summed E-state index contributed by atoms with van der Waals surface area (Å²) in [6.45, 7) is 7.78. The average molecular weight is 199 g/mol. The van der Waals surface area contributed by atoms with Crippen molar-refractivity contribution in [2.75, 3.05) is 13.7 Å². The molecular weight excluding hydrogens is 174 g/mol. The van der Waals surface area contributed by atoms with Crippen LogP contribution in [0.2, 0.25) is 0 Å². The second-order valence-electron chi connectivity index (χ2n) is 4.83. The molecule has 2 nitrogen and oxygen atoms in total. The zero-order chi connectivity index (χ0) is 10.6. The van der Waals surface area contributed by atoms with E-state index in [4.69, 9.17) is 4.74 Å². The van der Waals surface area contributed by atoms with Crippen LogP contribution in [0.15, 0.2) is 0 Å². The lowest BCUT2D eigenvalue weighted by molar-refractivity contribution is 0.0450. The van der Waals surface area contributed by atoms with Crippen LogP contribution in [0.5, 0.6) is 0 Å². The summed E-state index contributed by atoms with van der Waals surface area (Å²) in [5.41, 5.74) is 0. The third kappa shape index (κ3) is 3.58. The first-order valence-electron chi connectivity index (χ1n) is 5.95. The summed E-state index contributed by atoms with van der Waals surface area (Å²) in [6.07, 6.45) is 4.39. The van der Waals surface area contributed by atoms with Crippen molar-refractivity contribution in [1.82, 2.24) is 5.32 Å². The summed E-state index contributed by atoms with van der Waals surface area (Å²) in [7, 11) is 1.85. The van der Waals surface area contributed by atoms with Crippen molar-refractivity contribution in [2.45, 2.75) is 52.2 Å². The topological polar surface area (TPSA) is 21.3 Å². The molecular formula is C12H25NO. The van der Waals surface area contributed by atoms with Crippen molar-refractivity contribution in [3.05, 3.63) is 0 Å². The molecule has 0 aromatic heterocycles. The Hall–Kier alpha value is -0.0800. The van der Waals surface area contributed by atoms with Gasteiger partial charge in [0.25, 0.3) is 0 Å².